The van der Waals surface area contributed by atoms with E-state index in [1.807, 2.05) is 4.90 Å². The summed E-state index contributed by atoms with van der Waals surface area (Å²) in [6.45, 7) is 5.54. The third-order valence-electron chi connectivity index (χ3n) is 1.91. The summed E-state index contributed by atoms with van der Waals surface area (Å²) in [5, 5.41) is 6.61. The molecule has 0 aliphatic rings. The van der Waals surface area contributed by atoms with Crippen LogP contribution in [-0.4, -0.2) is 41.5 Å². The highest BCUT2D eigenvalue weighted by Crippen LogP contribution is 2.10. The van der Waals surface area contributed by atoms with Crippen LogP contribution in [0.15, 0.2) is 0 Å². The second-order valence-electron chi connectivity index (χ2n) is 3.30. The van der Waals surface area contributed by atoms with Crippen molar-refractivity contribution >= 4 is 11.9 Å². The summed E-state index contributed by atoms with van der Waals surface area (Å²) in [4.78, 5) is 6.09. The van der Waals surface area contributed by atoms with Crippen LogP contribution in [-0.2, 0) is 4.74 Å². The molecular formula is C8H17N5O. The lowest BCUT2D eigenvalue weighted by Crippen LogP contribution is -2.34. The predicted octanol–water partition coefficient (Wildman–Crippen LogP) is 0.248. The number of hydrogen-bond donors (Lipinski definition) is 2. The van der Waals surface area contributed by atoms with Crippen LogP contribution in [0.5, 0.6) is 0 Å². The zero-order chi connectivity index (χ0) is 10.6. The number of nitrogen functional groups attached to an aromatic ring is 1. The van der Waals surface area contributed by atoms with E-state index in [1.165, 1.54) is 0 Å². The molecular weight excluding hydrogens is 182 g/mol. The van der Waals surface area contributed by atoms with E-state index in [1.54, 1.807) is 7.11 Å². The summed E-state index contributed by atoms with van der Waals surface area (Å²) in [7, 11) is 1.67. The molecule has 0 unspecified atom stereocenters. The molecule has 80 valence electrons. The van der Waals surface area contributed by atoms with Crippen LogP contribution in [0, 0.1) is 0 Å². The Labute approximate surface area is 83.5 Å². The molecule has 0 aromatic carbocycles. The number of nitrogens with one attached hydrogen (secondary N) is 1. The highest BCUT2D eigenvalue weighted by molar-refractivity contribution is 5.34. The first-order chi connectivity index (χ1) is 6.65. The Bertz CT molecular complexity index is 272. The number of hydrogen-bond acceptors (Lipinski definition) is 5. The molecule has 0 aliphatic carbocycles. The summed E-state index contributed by atoms with van der Waals surface area (Å²) < 4.78 is 5.01. The first-order valence-electron chi connectivity index (χ1n) is 4.58. The number of aromatic nitrogens is 3. The summed E-state index contributed by atoms with van der Waals surface area (Å²) in [5.41, 5.74) is 5.46. The Balaban J connectivity index is 2.67. The zero-order valence-electron chi connectivity index (χ0n) is 8.82. The van der Waals surface area contributed by atoms with E-state index in [0.29, 0.717) is 24.5 Å². The van der Waals surface area contributed by atoms with Crippen LogP contribution in [0.4, 0.5) is 11.9 Å². The molecule has 0 saturated heterocycles. The lowest BCUT2D eigenvalue weighted by Gasteiger charge is -2.24. The van der Waals surface area contributed by atoms with Gasteiger partial charge in [-0.25, -0.2) is 5.10 Å². The Morgan fingerprint density at radius 1 is 1.57 bits per heavy atom. The molecule has 0 saturated carbocycles. The largest absolute Gasteiger partial charge is 0.383 e. The zero-order valence-corrected chi connectivity index (χ0v) is 8.82. The second-order valence-corrected chi connectivity index (χ2v) is 3.30. The van der Waals surface area contributed by atoms with Gasteiger partial charge in [-0.1, -0.05) is 0 Å². The van der Waals surface area contributed by atoms with Crippen molar-refractivity contribution < 1.29 is 4.74 Å². The number of aromatic amines is 1. The van der Waals surface area contributed by atoms with Gasteiger partial charge in [0, 0.05) is 19.7 Å². The fourth-order valence-corrected chi connectivity index (χ4v) is 1.17. The smallest absolute Gasteiger partial charge is 0.246 e. The molecule has 6 nitrogen and oxygen atoms in total. The second kappa shape index (κ2) is 4.80. The van der Waals surface area contributed by atoms with Gasteiger partial charge in [0.25, 0.3) is 0 Å². The molecule has 0 atom stereocenters. The van der Waals surface area contributed by atoms with Crippen LogP contribution in [0.1, 0.15) is 13.8 Å². The lowest BCUT2D eigenvalue weighted by atomic mass is 10.3. The van der Waals surface area contributed by atoms with E-state index in [9.17, 15) is 0 Å². The van der Waals surface area contributed by atoms with E-state index in [2.05, 4.69) is 29.0 Å². The van der Waals surface area contributed by atoms with Crippen molar-refractivity contribution in [1.82, 2.24) is 15.2 Å². The highest BCUT2D eigenvalue weighted by Gasteiger charge is 2.14. The Morgan fingerprint density at radius 3 is 2.71 bits per heavy atom. The minimum absolute atomic E-state index is 0.320. The minimum Gasteiger partial charge on any atom is -0.383 e. The summed E-state index contributed by atoms with van der Waals surface area (Å²) in [6.07, 6.45) is 0. The molecule has 0 amide bonds. The van der Waals surface area contributed by atoms with Crippen LogP contribution in [0.3, 0.4) is 0 Å². The Morgan fingerprint density at radius 2 is 2.29 bits per heavy atom. The van der Waals surface area contributed by atoms with Gasteiger partial charge >= 0.3 is 0 Å². The number of anilines is 2. The van der Waals surface area contributed by atoms with Crippen molar-refractivity contribution in [3.05, 3.63) is 0 Å². The molecule has 6 heteroatoms. The molecule has 1 aromatic heterocycles. The van der Waals surface area contributed by atoms with Gasteiger partial charge in [-0.15, -0.1) is 5.10 Å². The van der Waals surface area contributed by atoms with Crippen molar-refractivity contribution in [3.8, 4) is 0 Å². The summed E-state index contributed by atoms with van der Waals surface area (Å²) >= 11 is 0. The lowest BCUT2D eigenvalue weighted by molar-refractivity contribution is 0.203. The van der Waals surface area contributed by atoms with E-state index >= 15 is 0 Å². The third-order valence-corrected chi connectivity index (χ3v) is 1.91. The van der Waals surface area contributed by atoms with E-state index in [0.717, 1.165) is 6.54 Å². The quantitative estimate of drug-likeness (QED) is 0.710. The van der Waals surface area contributed by atoms with Gasteiger partial charge in [0.05, 0.1) is 6.61 Å². The van der Waals surface area contributed by atoms with Crippen molar-refractivity contribution in [2.24, 2.45) is 0 Å². The maximum Gasteiger partial charge on any atom is 0.246 e. The van der Waals surface area contributed by atoms with Crippen molar-refractivity contribution in [2.45, 2.75) is 19.9 Å². The van der Waals surface area contributed by atoms with Crippen LogP contribution in [0.25, 0.3) is 0 Å². The van der Waals surface area contributed by atoms with Gasteiger partial charge in [0.1, 0.15) is 0 Å². The van der Waals surface area contributed by atoms with E-state index in [-0.39, 0.29) is 0 Å². The molecule has 0 bridgehead atoms. The summed E-state index contributed by atoms with van der Waals surface area (Å²) in [5.74, 6) is 0.956. The fourth-order valence-electron chi connectivity index (χ4n) is 1.17. The van der Waals surface area contributed by atoms with Crippen molar-refractivity contribution in [2.75, 3.05) is 30.9 Å². The highest BCUT2D eigenvalue weighted by atomic mass is 16.5. The predicted molar refractivity (Wildman–Crippen MR) is 55.2 cm³/mol. The summed E-state index contributed by atoms with van der Waals surface area (Å²) in [6, 6.07) is 0.320. The number of nitrogens with two attached hydrogens (primary N) is 1. The molecule has 3 N–H and O–H groups in total. The maximum absolute atomic E-state index is 5.46. The van der Waals surface area contributed by atoms with Gasteiger partial charge in [0.15, 0.2) is 0 Å². The number of rotatable bonds is 5. The van der Waals surface area contributed by atoms with Crippen LogP contribution in [0.2, 0.25) is 0 Å². The standard InChI is InChI=1S/C8H17N5O/c1-6(2)13(4-5-14-3)8-10-7(9)11-12-8/h6H,4-5H2,1-3H3,(H3,9,10,11,12). The van der Waals surface area contributed by atoms with Gasteiger partial charge in [0.2, 0.25) is 11.9 Å². The normalized spacial score (nSPS) is 10.9. The van der Waals surface area contributed by atoms with Crippen molar-refractivity contribution in [1.29, 1.82) is 0 Å². The van der Waals surface area contributed by atoms with Gasteiger partial charge < -0.3 is 15.4 Å². The van der Waals surface area contributed by atoms with Gasteiger partial charge in [-0.05, 0) is 13.8 Å². The number of H-pyrrole nitrogens is 1. The molecule has 0 fully saturated rings. The number of nitrogens with zero attached hydrogens (tertiary/aromatic N) is 3. The molecule has 0 radical (unpaired) electrons. The van der Waals surface area contributed by atoms with Crippen LogP contribution < -0.4 is 10.6 Å². The number of methoxy groups -OCH3 is 1. The Kier molecular flexibility index (Phi) is 3.70. The van der Waals surface area contributed by atoms with E-state index in [4.69, 9.17) is 10.5 Å². The molecule has 1 aromatic rings. The molecule has 14 heavy (non-hydrogen) atoms. The fraction of sp³-hybridized carbons (Fsp3) is 0.750. The SMILES string of the molecule is COCCN(c1n[nH]c(N)n1)C(C)C. The molecule has 1 rings (SSSR count). The van der Waals surface area contributed by atoms with Gasteiger partial charge in [-0.3, -0.25) is 0 Å². The van der Waals surface area contributed by atoms with Crippen molar-refractivity contribution in [3.63, 3.8) is 0 Å². The first kappa shape index (κ1) is 10.8. The first-order valence-corrected chi connectivity index (χ1v) is 4.58. The van der Waals surface area contributed by atoms with Gasteiger partial charge in [-0.2, -0.15) is 4.98 Å². The molecule has 0 spiro atoms. The van der Waals surface area contributed by atoms with E-state index < -0.39 is 0 Å². The average molecular weight is 199 g/mol. The maximum atomic E-state index is 5.46. The Hall–Kier alpha value is -1.30. The monoisotopic (exact) mass is 199 g/mol. The molecule has 1 heterocycles. The third kappa shape index (κ3) is 2.59. The topological polar surface area (TPSA) is 80.1 Å². The molecule has 0 aliphatic heterocycles. The number of ether oxygens (including phenoxy) is 1. The minimum atomic E-state index is 0.320. The van der Waals surface area contributed by atoms with Crippen LogP contribution >= 0.6 is 0 Å². The average Bonchev–Trinajstić information content (AvgIpc) is 2.52.